The zero-order chi connectivity index (χ0) is 9.97. The van der Waals surface area contributed by atoms with Gasteiger partial charge in [-0.3, -0.25) is 4.68 Å². The van der Waals surface area contributed by atoms with Crippen LogP contribution in [0.25, 0.3) is 0 Å². The van der Waals surface area contributed by atoms with E-state index in [9.17, 15) is 0 Å². The van der Waals surface area contributed by atoms with Crippen molar-refractivity contribution in [1.82, 2.24) is 15.1 Å². The maximum absolute atomic E-state index is 4.33. The van der Waals surface area contributed by atoms with E-state index in [1.807, 2.05) is 30.4 Å². The summed E-state index contributed by atoms with van der Waals surface area (Å²) in [5.74, 6) is 2.13. The van der Waals surface area contributed by atoms with Gasteiger partial charge in [-0.15, -0.1) is 11.8 Å². The summed E-state index contributed by atoms with van der Waals surface area (Å²) >= 11 is 1.92. The molecule has 1 aromatic heterocycles. The minimum atomic E-state index is 0.914. The summed E-state index contributed by atoms with van der Waals surface area (Å²) in [5.41, 5.74) is 1.11. The molecule has 4 heteroatoms. The van der Waals surface area contributed by atoms with Gasteiger partial charge in [-0.2, -0.15) is 5.10 Å². The van der Waals surface area contributed by atoms with Crippen LogP contribution in [0, 0.1) is 12.8 Å². The number of hydrogen-bond acceptors (Lipinski definition) is 3. The Bertz CT molecular complexity index is 304. The summed E-state index contributed by atoms with van der Waals surface area (Å²) in [5, 5.41) is 8.91. The Morgan fingerprint density at radius 2 is 2.43 bits per heavy atom. The zero-order valence-corrected chi connectivity index (χ0v) is 9.60. The molecule has 1 aliphatic heterocycles. The fourth-order valence-corrected chi connectivity index (χ4v) is 2.75. The number of aromatic nitrogens is 2. The monoisotopic (exact) mass is 211 g/mol. The van der Waals surface area contributed by atoms with Gasteiger partial charge in [0.25, 0.3) is 0 Å². The van der Waals surface area contributed by atoms with Crippen LogP contribution in [0.15, 0.2) is 11.1 Å². The highest BCUT2D eigenvalue weighted by atomic mass is 32.2. The first-order valence-corrected chi connectivity index (χ1v) is 6.08. The first-order chi connectivity index (χ1) is 6.75. The minimum absolute atomic E-state index is 0.914. The van der Waals surface area contributed by atoms with E-state index >= 15 is 0 Å². The molecule has 0 spiro atoms. The van der Waals surface area contributed by atoms with Crippen LogP contribution < -0.4 is 5.32 Å². The summed E-state index contributed by atoms with van der Waals surface area (Å²) in [6, 6.07) is 2.16. The molecule has 0 amide bonds. The highest BCUT2D eigenvalue weighted by Crippen LogP contribution is 2.21. The lowest BCUT2D eigenvalue weighted by Crippen LogP contribution is -2.42. The molecule has 0 saturated carbocycles. The number of nitrogens with zero attached hydrogens (tertiary/aromatic N) is 2. The number of nitrogens with one attached hydrogen (secondary N) is 1. The highest BCUT2D eigenvalue weighted by molar-refractivity contribution is 7.99. The van der Waals surface area contributed by atoms with Crippen molar-refractivity contribution in [3.63, 3.8) is 0 Å². The largest absolute Gasteiger partial charge is 0.316 e. The smallest absolute Gasteiger partial charge is 0.0939 e. The Hall–Kier alpha value is -0.480. The van der Waals surface area contributed by atoms with E-state index in [4.69, 9.17) is 0 Å². The summed E-state index contributed by atoms with van der Waals surface area (Å²) in [7, 11) is 2.01. The van der Waals surface area contributed by atoms with E-state index in [0.717, 1.165) is 11.6 Å². The van der Waals surface area contributed by atoms with Crippen molar-refractivity contribution in [2.24, 2.45) is 13.0 Å². The van der Waals surface area contributed by atoms with Gasteiger partial charge < -0.3 is 5.32 Å². The Kier molecular flexibility index (Phi) is 3.13. The number of hydrogen-bond donors (Lipinski definition) is 1. The third-order valence-corrected chi connectivity index (χ3v) is 3.72. The lowest BCUT2D eigenvalue weighted by molar-refractivity contribution is 0.341. The number of rotatable bonds is 4. The molecular weight excluding hydrogens is 194 g/mol. The lowest BCUT2D eigenvalue weighted by Gasteiger charge is -2.26. The topological polar surface area (TPSA) is 29.9 Å². The first-order valence-electron chi connectivity index (χ1n) is 5.10. The Balaban J connectivity index is 1.76. The summed E-state index contributed by atoms with van der Waals surface area (Å²) in [6.07, 6.45) is 1.32. The molecular formula is C10H17N3S. The normalized spacial score (nSPS) is 17.0. The van der Waals surface area contributed by atoms with Gasteiger partial charge in [-0.25, -0.2) is 0 Å². The van der Waals surface area contributed by atoms with Crippen molar-refractivity contribution < 1.29 is 0 Å². The van der Waals surface area contributed by atoms with Crippen molar-refractivity contribution in [3.05, 3.63) is 11.8 Å². The minimum Gasteiger partial charge on any atom is -0.316 e. The molecule has 2 heterocycles. The average molecular weight is 211 g/mol. The molecule has 1 aromatic rings. The molecule has 0 aliphatic carbocycles. The van der Waals surface area contributed by atoms with E-state index in [2.05, 4.69) is 16.5 Å². The van der Waals surface area contributed by atoms with Crippen LogP contribution in [0.2, 0.25) is 0 Å². The molecule has 0 radical (unpaired) electrons. The second kappa shape index (κ2) is 4.36. The zero-order valence-electron chi connectivity index (χ0n) is 8.79. The van der Waals surface area contributed by atoms with Crippen LogP contribution in [0.3, 0.4) is 0 Å². The predicted molar refractivity (Wildman–Crippen MR) is 59.6 cm³/mol. The summed E-state index contributed by atoms with van der Waals surface area (Å²) in [4.78, 5) is 0. The van der Waals surface area contributed by atoms with Gasteiger partial charge in [0, 0.05) is 7.05 Å². The van der Waals surface area contributed by atoms with E-state index in [-0.39, 0.29) is 0 Å². The van der Waals surface area contributed by atoms with Crippen LogP contribution in [-0.2, 0) is 7.05 Å². The van der Waals surface area contributed by atoms with E-state index in [1.165, 1.54) is 30.3 Å². The van der Waals surface area contributed by atoms with Crippen molar-refractivity contribution >= 4 is 11.8 Å². The average Bonchev–Trinajstić information content (AvgIpc) is 2.36. The van der Waals surface area contributed by atoms with Crippen LogP contribution in [0.4, 0.5) is 0 Å². The van der Waals surface area contributed by atoms with Gasteiger partial charge in [0.05, 0.1) is 10.7 Å². The van der Waals surface area contributed by atoms with E-state index in [1.54, 1.807) is 0 Å². The van der Waals surface area contributed by atoms with Crippen LogP contribution in [0.5, 0.6) is 0 Å². The Labute approximate surface area is 89.3 Å². The third-order valence-electron chi connectivity index (χ3n) is 2.60. The SMILES string of the molecule is Cc1cc(SCCC2CNC2)n(C)n1. The van der Waals surface area contributed by atoms with Gasteiger partial charge in [-0.05, 0) is 44.2 Å². The van der Waals surface area contributed by atoms with Gasteiger partial charge >= 0.3 is 0 Å². The predicted octanol–water partition coefficient (Wildman–Crippen LogP) is 1.43. The van der Waals surface area contributed by atoms with Gasteiger partial charge in [-0.1, -0.05) is 0 Å². The second-order valence-electron chi connectivity index (χ2n) is 3.91. The molecule has 1 aliphatic rings. The molecule has 2 rings (SSSR count). The van der Waals surface area contributed by atoms with Crippen molar-refractivity contribution in [2.75, 3.05) is 18.8 Å². The Morgan fingerprint density at radius 3 is 2.93 bits per heavy atom. The molecule has 0 atom stereocenters. The number of thioether (sulfide) groups is 1. The fraction of sp³-hybridized carbons (Fsp3) is 0.700. The molecule has 1 N–H and O–H groups in total. The van der Waals surface area contributed by atoms with E-state index < -0.39 is 0 Å². The lowest BCUT2D eigenvalue weighted by atomic mass is 10.0. The summed E-state index contributed by atoms with van der Waals surface area (Å²) < 4.78 is 1.97. The molecule has 14 heavy (non-hydrogen) atoms. The molecule has 0 bridgehead atoms. The van der Waals surface area contributed by atoms with Crippen LogP contribution in [0.1, 0.15) is 12.1 Å². The maximum Gasteiger partial charge on any atom is 0.0939 e. The standard InChI is InChI=1S/C10H17N3S/c1-8-5-10(13(2)12-8)14-4-3-9-6-11-7-9/h5,9,11H,3-4,6-7H2,1-2H3. The maximum atomic E-state index is 4.33. The van der Waals surface area contributed by atoms with Crippen molar-refractivity contribution in [2.45, 2.75) is 18.4 Å². The summed E-state index contributed by atoms with van der Waals surface area (Å²) in [6.45, 7) is 4.47. The second-order valence-corrected chi connectivity index (χ2v) is 5.02. The molecule has 1 saturated heterocycles. The highest BCUT2D eigenvalue weighted by Gasteiger charge is 2.16. The van der Waals surface area contributed by atoms with Crippen molar-refractivity contribution in [3.8, 4) is 0 Å². The molecule has 1 fully saturated rings. The molecule has 0 unspecified atom stereocenters. The van der Waals surface area contributed by atoms with Gasteiger partial charge in [0.1, 0.15) is 0 Å². The first kappa shape index (κ1) is 10.1. The number of aryl methyl sites for hydroxylation is 2. The van der Waals surface area contributed by atoms with Crippen LogP contribution >= 0.6 is 11.8 Å². The molecule has 78 valence electrons. The quantitative estimate of drug-likeness (QED) is 0.764. The third kappa shape index (κ3) is 2.30. The van der Waals surface area contributed by atoms with Crippen molar-refractivity contribution in [1.29, 1.82) is 0 Å². The van der Waals surface area contributed by atoms with E-state index in [0.29, 0.717) is 0 Å². The molecule has 0 aromatic carbocycles. The van der Waals surface area contributed by atoms with Gasteiger partial charge in [0.15, 0.2) is 0 Å². The van der Waals surface area contributed by atoms with Gasteiger partial charge in [0.2, 0.25) is 0 Å². The Morgan fingerprint density at radius 1 is 1.64 bits per heavy atom. The van der Waals surface area contributed by atoms with Crippen LogP contribution in [-0.4, -0.2) is 28.6 Å². The molecule has 3 nitrogen and oxygen atoms in total. The fourth-order valence-electron chi connectivity index (χ4n) is 1.60.